The highest BCUT2D eigenvalue weighted by Gasteiger charge is 2.59. The number of aromatic nitrogens is 1. The monoisotopic (exact) mass is 370 g/mol. The number of unbranched alkanes of at least 4 members (excludes halogenated alkanes) is 1. The molecule has 1 N–H and O–H groups in total. The van der Waals surface area contributed by atoms with Crippen LogP contribution in [0.25, 0.3) is 0 Å². The number of nitrogens with one attached hydrogen (secondary N) is 1. The van der Waals surface area contributed by atoms with Crippen LogP contribution in [0.1, 0.15) is 36.0 Å². The summed E-state index contributed by atoms with van der Waals surface area (Å²) in [7, 11) is 0. The second-order valence-corrected chi connectivity index (χ2v) is 7.57. The lowest BCUT2D eigenvalue weighted by Gasteiger charge is -2.19. The van der Waals surface area contributed by atoms with E-state index in [9.17, 15) is 4.79 Å². The number of carbonyl (C=O) groups excluding carboxylic acids is 1. The van der Waals surface area contributed by atoms with E-state index in [1.807, 2.05) is 24.4 Å². The molecule has 3 heteroatoms. The van der Waals surface area contributed by atoms with E-state index < -0.39 is 0 Å². The van der Waals surface area contributed by atoms with Crippen molar-refractivity contribution in [2.24, 2.45) is 5.92 Å². The van der Waals surface area contributed by atoms with Crippen molar-refractivity contribution in [2.75, 3.05) is 6.54 Å². The van der Waals surface area contributed by atoms with Gasteiger partial charge in [-0.2, -0.15) is 0 Å². The van der Waals surface area contributed by atoms with Crippen LogP contribution in [0.5, 0.6) is 0 Å². The maximum atomic E-state index is 12.9. The van der Waals surface area contributed by atoms with E-state index in [1.54, 1.807) is 6.20 Å². The Labute approximate surface area is 166 Å². The van der Waals surface area contributed by atoms with Crippen LogP contribution < -0.4 is 5.32 Å². The summed E-state index contributed by atoms with van der Waals surface area (Å²) < 4.78 is 0. The molecular weight excluding hydrogens is 344 g/mol. The van der Waals surface area contributed by atoms with Crippen molar-refractivity contribution >= 4 is 5.91 Å². The topological polar surface area (TPSA) is 42.0 Å². The van der Waals surface area contributed by atoms with Gasteiger partial charge in [0, 0.05) is 24.4 Å². The number of benzene rings is 2. The summed E-state index contributed by atoms with van der Waals surface area (Å²) in [6.45, 7) is 0.731. The summed E-state index contributed by atoms with van der Waals surface area (Å²) in [4.78, 5) is 17.0. The fourth-order valence-electron chi connectivity index (χ4n) is 4.19. The Morgan fingerprint density at radius 3 is 2.21 bits per heavy atom. The van der Waals surface area contributed by atoms with Crippen LogP contribution in [0.15, 0.2) is 85.2 Å². The maximum Gasteiger partial charge on any atom is 0.224 e. The Morgan fingerprint density at radius 2 is 1.61 bits per heavy atom. The predicted octanol–water partition coefficient (Wildman–Crippen LogP) is 4.53. The van der Waals surface area contributed by atoms with Crippen molar-refractivity contribution in [3.8, 4) is 0 Å². The molecule has 0 unspecified atom stereocenters. The van der Waals surface area contributed by atoms with Gasteiger partial charge in [-0.3, -0.25) is 9.78 Å². The summed E-state index contributed by atoms with van der Waals surface area (Å²) in [5.41, 5.74) is 3.54. The van der Waals surface area contributed by atoms with Gasteiger partial charge in [0.25, 0.3) is 0 Å². The molecule has 142 valence electrons. The molecule has 0 aliphatic heterocycles. The summed E-state index contributed by atoms with van der Waals surface area (Å²) in [5, 5.41) is 3.17. The van der Waals surface area contributed by atoms with E-state index in [4.69, 9.17) is 0 Å². The van der Waals surface area contributed by atoms with Gasteiger partial charge in [-0.05, 0) is 48.4 Å². The van der Waals surface area contributed by atoms with Gasteiger partial charge in [0.05, 0.1) is 5.92 Å². The number of nitrogens with zero attached hydrogens (tertiary/aromatic N) is 1. The van der Waals surface area contributed by atoms with Gasteiger partial charge in [-0.25, -0.2) is 0 Å². The highest BCUT2D eigenvalue weighted by Crippen LogP contribution is 2.58. The van der Waals surface area contributed by atoms with Crippen molar-refractivity contribution in [3.63, 3.8) is 0 Å². The molecule has 1 saturated carbocycles. The third-order valence-electron chi connectivity index (χ3n) is 5.77. The Bertz CT molecular complexity index is 854. The van der Waals surface area contributed by atoms with Crippen molar-refractivity contribution in [1.29, 1.82) is 0 Å². The minimum Gasteiger partial charge on any atom is -0.356 e. The predicted molar refractivity (Wildman–Crippen MR) is 112 cm³/mol. The Kier molecular flexibility index (Phi) is 5.52. The van der Waals surface area contributed by atoms with Crippen LogP contribution in [0.3, 0.4) is 0 Å². The van der Waals surface area contributed by atoms with Crippen LogP contribution in [0, 0.1) is 5.92 Å². The van der Waals surface area contributed by atoms with E-state index in [0.717, 1.165) is 32.2 Å². The number of pyridine rings is 1. The van der Waals surface area contributed by atoms with Crippen LogP contribution in [-0.2, 0) is 16.6 Å². The first-order valence-corrected chi connectivity index (χ1v) is 10.1. The van der Waals surface area contributed by atoms with Crippen molar-refractivity contribution in [2.45, 2.75) is 31.1 Å². The molecule has 1 atom stereocenters. The first-order chi connectivity index (χ1) is 13.8. The molecule has 0 spiro atoms. The normalized spacial score (nSPS) is 17.1. The molecule has 0 radical (unpaired) electrons. The Balaban J connectivity index is 1.35. The lowest BCUT2D eigenvalue weighted by Crippen LogP contribution is -2.29. The number of aryl methyl sites for hydroxylation is 1. The summed E-state index contributed by atoms with van der Waals surface area (Å²) >= 11 is 0. The summed E-state index contributed by atoms with van der Waals surface area (Å²) in [5.74, 6) is 0.185. The molecule has 4 rings (SSSR count). The van der Waals surface area contributed by atoms with Gasteiger partial charge in [0.2, 0.25) is 5.91 Å². The van der Waals surface area contributed by atoms with E-state index in [0.29, 0.717) is 0 Å². The molecule has 1 aliphatic carbocycles. The van der Waals surface area contributed by atoms with E-state index in [2.05, 4.69) is 64.9 Å². The van der Waals surface area contributed by atoms with Crippen molar-refractivity contribution in [3.05, 3.63) is 102 Å². The highest BCUT2D eigenvalue weighted by atomic mass is 16.2. The van der Waals surface area contributed by atoms with Crippen molar-refractivity contribution in [1.82, 2.24) is 10.3 Å². The summed E-state index contributed by atoms with van der Waals surface area (Å²) in [6, 6.07) is 25.0. The lowest BCUT2D eigenvalue weighted by molar-refractivity contribution is -0.122. The van der Waals surface area contributed by atoms with Gasteiger partial charge in [0.1, 0.15) is 0 Å². The summed E-state index contributed by atoms with van der Waals surface area (Å²) in [6.07, 6.45) is 7.63. The van der Waals surface area contributed by atoms with Gasteiger partial charge in [0.15, 0.2) is 0 Å². The van der Waals surface area contributed by atoms with Gasteiger partial charge in [-0.1, -0.05) is 66.7 Å². The van der Waals surface area contributed by atoms with Crippen LogP contribution in [0.4, 0.5) is 0 Å². The Hall–Kier alpha value is -2.94. The van der Waals surface area contributed by atoms with E-state index in [1.165, 1.54) is 16.7 Å². The molecule has 3 nitrogen and oxygen atoms in total. The first kappa shape index (κ1) is 18.4. The molecule has 1 aliphatic rings. The number of hydrogen-bond donors (Lipinski definition) is 1. The maximum absolute atomic E-state index is 12.9. The van der Waals surface area contributed by atoms with Crippen LogP contribution in [-0.4, -0.2) is 17.4 Å². The largest absolute Gasteiger partial charge is 0.356 e. The number of carbonyl (C=O) groups is 1. The standard InChI is InChI=1S/C25H26N2O/c28-24(27-17-8-7-10-20-11-9-16-26-19-20)23-18-25(23,21-12-3-1-4-13-21)22-14-5-2-6-15-22/h1-6,9,11-16,19,23H,7-8,10,17-18H2,(H,27,28)/t23-/m0/s1. The minimum absolute atomic E-state index is 0.00984. The number of rotatable bonds is 8. The average Bonchev–Trinajstić information content (AvgIpc) is 3.53. The average molecular weight is 370 g/mol. The second kappa shape index (κ2) is 8.39. The third-order valence-corrected chi connectivity index (χ3v) is 5.77. The van der Waals surface area contributed by atoms with Crippen molar-refractivity contribution < 1.29 is 4.79 Å². The minimum atomic E-state index is -0.178. The number of amides is 1. The SMILES string of the molecule is O=C(NCCCCc1cccnc1)[C@@H]1CC1(c1ccccc1)c1ccccc1. The van der Waals surface area contributed by atoms with Gasteiger partial charge in [-0.15, -0.1) is 0 Å². The lowest BCUT2D eigenvalue weighted by atomic mass is 9.85. The molecule has 28 heavy (non-hydrogen) atoms. The fraction of sp³-hybridized carbons (Fsp3) is 0.280. The third kappa shape index (κ3) is 3.84. The zero-order chi connectivity index (χ0) is 19.2. The van der Waals surface area contributed by atoms with E-state index >= 15 is 0 Å². The first-order valence-electron chi connectivity index (χ1n) is 10.1. The molecule has 1 amide bonds. The fourth-order valence-corrected chi connectivity index (χ4v) is 4.19. The Morgan fingerprint density at radius 1 is 0.929 bits per heavy atom. The molecule has 0 saturated heterocycles. The van der Waals surface area contributed by atoms with Crippen LogP contribution >= 0.6 is 0 Å². The molecule has 1 aromatic heterocycles. The molecule has 1 fully saturated rings. The quantitative estimate of drug-likeness (QED) is 0.592. The zero-order valence-corrected chi connectivity index (χ0v) is 16.1. The molecule has 2 aromatic carbocycles. The smallest absolute Gasteiger partial charge is 0.224 e. The second-order valence-electron chi connectivity index (χ2n) is 7.57. The molecule has 0 bridgehead atoms. The van der Waals surface area contributed by atoms with Gasteiger partial charge >= 0.3 is 0 Å². The van der Waals surface area contributed by atoms with Crippen LogP contribution in [0.2, 0.25) is 0 Å². The number of hydrogen-bond acceptors (Lipinski definition) is 2. The zero-order valence-electron chi connectivity index (χ0n) is 16.1. The molecular formula is C25H26N2O. The molecule has 1 heterocycles. The highest BCUT2D eigenvalue weighted by molar-refractivity contribution is 5.86. The van der Waals surface area contributed by atoms with E-state index in [-0.39, 0.29) is 17.2 Å². The van der Waals surface area contributed by atoms with Gasteiger partial charge < -0.3 is 5.32 Å². The molecule has 3 aromatic rings.